The molecule has 1 rings (SSSR count). The minimum absolute atomic E-state index is 0.132. The van der Waals surface area contributed by atoms with Gasteiger partial charge in [-0.25, -0.2) is 0 Å². The molecule has 0 unspecified atom stereocenters. The topological polar surface area (TPSA) is 108 Å². The molecule has 1 aromatic rings. The molecule has 1 N–H and O–H groups in total. The lowest BCUT2D eigenvalue weighted by Gasteiger charge is -2.32. The number of carbonyl (C=O) groups excluding carboxylic acids is 4. The Hall–Kier alpha value is -2.90. The first-order valence-electron chi connectivity index (χ1n) is 12.0. The number of amides is 1. The highest BCUT2D eigenvalue weighted by molar-refractivity contribution is 6.06. The molecule has 196 valence electrons. The minimum Gasteiger partial charge on any atom is -0.469 e. The zero-order valence-corrected chi connectivity index (χ0v) is 22.4. The molecule has 0 fully saturated rings. The third-order valence-corrected chi connectivity index (χ3v) is 5.12. The summed E-state index contributed by atoms with van der Waals surface area (Å²) in [4.78, 5) is 49.6. The van der Waals surface area contributed by atoms with E-state index in [1.165, 1.54) is 14.0 Å². The zero-order valence-electron chi connectivity index (χ0n) is 22.4. The van der Waals surface area contributed by atoms with Crippen LogP contribution in [-0.2, 0) is 38.8 Å². The van der Waals surface area contributed by atoms with Gasteiger partial charge in [-0.3, -0.25) is 19.2 Å². The third kappa shape index (κ3) is 10.5. The van der Waals surface area contributed by atoms with E-state index in [2.05, 4.69) is 10.1 Å². The Kier molecular flexibility index (Phi) is 10.9. The average molecular weight is 492 g/mol. The van der Waals surface area contributed by atoms with Crippen molar-refractivity contribution in [1.29, 1.82) is 0 Å². The number of ether oxygens (including phenoxy) is 3. The number of rotatable bonds is 11. The number of esters is 3. The average Bonchev–Trinajstić information content (AvgIpc) is 2.73. The summed E-state index contributed by atoms with van der Waals surface area (Å²) in [5.74, 6) is -1.76. The first kappa shape index (κ1) is 30.1. The van der Waals surface area contributed by atoms with Crippen LogP contribution in [0.5, 0.6) is 0 Å². The van der Waals surface area contributed by atoms with E-state index in [1.807, 2.05) is 0 Å². The molecule has 0 aliphatic carbocycles. The molecule has 8 nitrogen and oxygen atoms in total. The maximum Gasteiger partial charge on any atom is 0.328 e. The normalized spacial score (nSPS) is 12.0. The van der Waals surface area contributed by atoms with E-state index >= 15 is 0 Å². The lowest BCUT2D eigenvalue weighted by atomic mass is 9.82. The molecule has 0 saturated carbocycles. The number of anilines is 1. The van der Waals surface area contributed by atoms with Crippen molar-refractivity contribution in [3.63, 3.8) is 0 Å². The molecule has 0 aliphatic rings. The van der Waals surface area contributed by atoms with Crippen molar-refractivity contribution in [2.45, 2.75) is 104 Å². The van der Waals surface area contributed by atoms with Gasteiger partial charge in [0.2, 0.25) is 5.91 Å². The van der Waals surface area contributed by atoms with Crippen molar-refractivity contribution < 1.29 is 33.4 Å². The molecular weight excluding hydrogens is 450 g/mol. The van der Waals surface area contributed by atoms with Gasteiger partial charge < -0.3 is 19.5 Å². The summed E-state index contributed by atoms with van der Waals surface area (Å²) in [6.45, 7) is 11.9. The Morgan fingerprint density at radius 2 is 1.17 bits per heavy atom. The van der Waals surface area contributed by atoms with Gasteiger partial charge in [0, 0.05) is 18.5 Å². The first-order chi connectivity index (χ1) is 16.1. The van der Waals surface area contributed by atoms with Crippen LogP contribution in [-0.4, -0.2) is 42.1 Å². The second-order valence-corrected chi connectivity index (χ2v) is 10.7. The van der Waals surface area contributed by atoms with Gasteiger partial charge in [0.1, 0.15) is 11.2 Å². The van der Waals surface area contributed by atoms with Gasteiger partial charge in [-0.05, 0) is 79.0 Å². The molecule has 35 heavy (non-hydrogen) atoms. The van der Waals surface area contributed by atoms with E-state index in [-0.39, 0.29) is 11.9 Å². The van der Waals surface area contributed by atoms with Gasteiger partial charge >= 0.3 is 17.9 Å². The van der Waals surface area contributed by atoms with Crippen molar-refractivity contribution in [1.82, 2.24) is 0 Å². The van der Waals surface area contributed by atoms with Gasteiger partial charge in [0.25, 0.3) is 0 Å². The summed E-state index contributed by atoms with van der Waals surface area (Å²) < 4.78 is 15.7. The molecule has 0 spiro atoms. The predicted molar refractivity (Wildman–Crippen MR) is 134 cm³/mol. The van der Waals surface area contributed by atoms with Gasteiger partial charge in [0.05, 0.1) is 7.11 Å². The standard InChI is InChI=1S/C27H41NO7/c1-25(2,3)34-23(31)27(7,24(32)35-26(4,5)6)19-15-17-20(18-16-19)28-21(29)13-11-9-10-12-14-22(30)33-8/h15-18H,9-14H2,1-8H3,(H,28,29). The SMILES string of the molecule is COC(=O)CCCCCCC(=O)Nc1ccc(C(C)(C(=O)OC(C)(C)C)C(=O)OC(C)(C)C)cc1. The molecule has 0 aromatic heterocycles. The summed E-state index contributed by atoms with van der Waals surface area (Å²) in [5, 5.41) is 2.83. The maximum atomic E-state index is 13.1. The molecule has 1 aromatic carbocycles. The Bertz CT molecular complexity index is 848. The van der Waals surface area contributed by atoms with E-state index in [0.717, 1.165) is 19.3 Å². The summed E-state index contributed by atoms with van der Waals surface area (Å²) in [5.41, 5.74) is -2.28. The second-order valence-electron chi connectivity index (χ2n) is 10.7. The van der Waals surface area contributed by atoms with Crippen LogP contribution in [0.4, 0.5) is 5.69 Å². The van der Waals surface area contributed by atoms with Gasteiger partial charge in [-0.2, -0.15) is 0 Å². The Morgan fingerprint density at radius 3 is 1.60 bits per heavy atom. The summed E-state index contributed by atoms with van der Waals surface area (Å²) in [7, 11) is 1.37. The van der Waals surface area contributed by atoms with Crippen molar-refractivity contribution >= 4 is 29.5 Å². The summed E-state index contributed by atoms with van der Waals surface area (Å²) >= 11 is 0. The van der Waals surface area contributed by atoms with E-state index < -0.39 is 28.6 Å². The van der Waals surface area contributed by atoms with Crippen LogP contribution in [0.3, 0.4) is 0 Å². The fourth-order valence-electron chi connectivity index (χ4n) is 3.20. The van der Waals surface area contributed by atoms with Crippen molar-refractivity contribution in [3.05, 3.63) is 29.8 Å². The molecule has 0 radical (unpaired) electrons. The molecule has 0 heterocycles. The van der Waals surface area contributed by atoms with E-state index in [9.17, 15) is 19.2 Å². The maximum absolute atomic E-state index is 13.1. The van der Waals surface area contributed by atoms with E-state index in [4.69, 9.17) is 9.47 Å². The molecule has 8 heteroatoms. The number of hydrogen-bond donors (Lipinski definition) is 1. The van der Waals surface area contributed by atoms with Crippen LogP contribution < -0.4 is 5.32 Å². The highest BCUT2D eigenvalue weighted by Gasteiger charge is 2.48. The van der Waals surface area contributed by atoms with Crippen molar-refractivity contribution in [3.8, 4) is 0 Å². The number of nitrogens with one attached hydrogen (secondary N) is 1. The van der Waals surface area contributed by atoms with Crippen LogP contribution in [0.2, 0.25) is 0 Å². The second kappa shape index (κ2) is 12.7. The van der Waals surface area contributed by atoms with E-state index in [1.54, 1.807) is 65.8 Å². The summed E-state index contributed by atoms with van der Waals surface area (Å²) in [6.07, 6.45) is 3.89. The van der Waals surface area contributed by atoms with E-state index in [0.29, 0.717) is 30.5 Å². The molecule has 0 saturated heterocycles. The monoisotopic (exact) mass is 491 g/mol. The van der Waals surface area contributed by atoms with Crippen LogP contribution in [0.15, 0.2) is 24.3 Å². The van der Waals surface area contributed by atoms with Crippen LogP contribution in [0.25, 0.3) is 0 Å². The highest BCUT2D eigenvalue weighted by atomic mass is 16.6. The van der Waals surface area contributed by atoms with Crippen LogP contribution in [0.1, 0.15) is 92.6 Å². The van der Waals surface area contributed by atoms with Crippen LogP contribution >= 0.6 is 0 Å². The molecule has 0 bridgehead atoms. The molecule has 1 amide bonds. The van der Waals surface area contributed by atoms with Crippen molar-refractivity contribution in [2.75, 3.05) is 12.4 Å². The minimum atomic E-state index is -1.67. The number of hydrogen-bond acceptors (Lipinski definition) is 7. The predicted octanol–water partition coefficient (Wildman–Crippen LogP) is 5.08. The Labute approximate surface area is 209 Å². The smallest absolute Gasteiger partial charge is 0.328 e. The fourth-order valence-corrected chi connectivity index (χ4v) is 3.20. The lowest BCUT2D eigenvalue weighted by Crippen LogP contribution is -2.48. The third-order valence-electron chi connectivity index (χ3n) is 5.12. The molecule has 0 aliphatic heterocycles. The zero-order chi connectivity index (χ0) is 26.9. The number of unbranched alkanes of at least 4 members (excludes halogenated alkanes) is 3. The largest absolute Gasteiger partial charge is 0.469 e. The van der Waals surface area contributed by atoms with Gasteiger partial charge in [0.15, 0.2) is 5.41 Å². The quantitative estimate of drug-likeness (QED) is 0.199. The Morgan fingerprint density at radius 1 is 0.714 bits per heavy atom. The molecular formula is C27H41NO7. The lowest BCUT2D eigenvalue weighted by molar-refractivity contribution is -0.176. The summed E-state index contributed by atoms with van der Waals surface area (Å²) in [6, 6.07) is 6.54. The van der Waals surface area contributed by atoms with Gasteiger partial charge in [-0.1, -0.05) is 25.0 Å². The number of methoxy groups -OCH3 is 1. The van der Waals surface area contributed by atoms with Crippen LogP contribution in [0, 0.1) is 0 Å². The van der Waals surface area contributed by atoms with Gasteiger partial charge in [-0.15, -0.1) is 0 Å². The first-order valence-corrected chi connectivity index (χ1v) is 12.0. The fraction of sp³-hybridized carbons (Fsp3) is 0.630. The Balaban J connectivity index is 2.84. The highest BCUT2D eigenvalue weighted by Crippen LogP contribution is 2.32. The van der Waals surface area contributed by atoms with Crippen molar-refractivity contribution in [2.24, 2.45) is 0 Å². The number of benzene rings is 1. The molecule has 0 atom stereocenters. The number of carbonyl (C=O) groups is 4.